The standard InChI is InChI=1S/C12H11ClN4OS/c13-8-3-4-9-11(17-19-16-9)10(8)15-12(18)6-1-2-7(14)5-6/h1-4,6-7H,5,14H2,(H,15,18). The molecule has 0 bridgehead atoms. The largest absolute Gasteiger partial charge is 0.324 e. The van der Waals surface area contributed by atoms with E-state index in [0.29, 0.717) is 22.6 Å². The minimum Gasteiger partial charge on any atom is -0.324 e. The van der Waals surface area contributed by atoms with E-state index in [-0.39, 0.29) is 17.9 Å². The van der Waals surface area contributed by atoms with Crippen molar-refractivity contribution in [2.24, 2.45) is 11.7 Å². The highest BCUT2D eigenvalue weighted by Crippen LogP contribution is 2.31. The topological polar surface area (TPSA) is 80.9 Å². The van der Waals surface area contributed by atoms with E-state index in [4.69, 9.17) is 17.3 Å². The van der Waals surface area contributed by atoms with Gasteiger partial charge in [0, 0.05) is 6.04 Å². The molecule has 7 heteroatoms. The molecule has 0 radical (unpaired) electrons. The fourth-order valence-corrected chi connectivity index (χ4v) is 2.83. The van der Waals surface area contributed by atoms with E-state index >= 15 is 0 Å². The summed E-state index contributed by atoms with van der Waals surface area (Å²) in [6, 6.07) is 3.43. The predicted molar refractivity (Wildman–Crippen MR) is 76.3 cm³/mol. The average Bonchev–Trinajstić information content (AvgIpc) is 3.01. The molecule has 1 aliphatic rings. The second-order valence-electron chi connectivity index (χ2n) is 4.43. The van der Waals surface area contributed by atoms with Crippen LogP contribution in [0.1, 0.15) is 6.42 Å². The number of nitrogens with two attached hydrogens (primary N) is 1. The number of hydrogen-bond donors (Lipinski definition) is 2. The molecule has 1 aromatic heterocycles. The van der Waals surface area contributed by atoms with Crippen molar-refractivity contribution >= 4 is 46.0 Å². The predicted octanol–water partition coefficient (Wildman–Crippen LogP) is 2.19. The van der Waals surface area contributed by atoms with Crippen molar-refractivity contribution in [3.05, 3.63) is 29.3 Å². The number of nitrogens with one attached hydrogen (secondary N) is 1. The highest BCUT2D eigenvalue weighted by Gasteiger charge is 2.24. The molecule has 1 heterocycles. The molecule has 0 saturated carbocycles. The molecular weight excluding hydrogens is 284 g/mol. The lowest BCUT2D eigenvalue weighted by molar-refractivity contribution is -0.118. The number of aromatic nitrogens is 2. The normalized spacial score (nSPS) is 22.0. The third kappa shape index (κ3) is 2.34. The molecule has 3 rings (SSSR count). The summed E-state index contributed by atoms with van der Waals surface area (Å²) >= 11 is 7.21. The van der Waals surface area contributed by atoms with E-state index in [0.717, 1.165) is 17.2 Å². The molecule has 5 nitrogen and oxygen atoms in total. The van der Waals surface area contributed by atoms with Gasteiger partial charge in [0.2, 0.25) is 5.91 Å². The maximum absolute atomic E-state index is 12.2. The SMILES string of the molecule is NC1C=CC(C(=O)Nc2c(Cl)ccc3nsnc23)C1. The van der Waals surface area contributed by atoms with Gasteiger partial charge >= 0.3 is 0 Å². The van der Waals surface area contributed by atoms with Crippen LogP contribution in [0.4, 0.5) is 5.69 Å². The van der Waals surface area contributed by atoms with Crippen LogP contribution in [0.3, 0.4) is 0 Å². The number of rotatable bonds is 2. The van der Waals surface area contributed by atoms with Gasteiger partial charge in [-0.15, -0.1) is 0 Å². The summed E-state index contributed by atoms with van der Waals surface area (Å²) in [7, 11) is 0. The Morgan fingerprint density at radius 2 is 2.26 bits per heavy atom. The Kier molecular flexibility index (Phi) is 3.22. The molecule has 2 unspecified atom stereocenters. The van der Waals surface area contributed by atoms with Crippen molar-refractivity contribution in [3.8, 4) is 0 Å². The molecule has 3 N–H and O–H groups in total. The van der Waals surface area contributed by atoms with Crippen molar-refractivity contribution < 1.29 is 4.79 Å². The number of carbonyl (C=O) groups excluding carboxylic acids is 1. The van der Waals surface area contributed by atoms with Crippen LogP contribution in [-0.4, -0.2) is 20.7 Å². The van der Waals surface area contributed by atoms with Crippen LogP contribution in [0, 0.1) is 5.92 Å². The van der Waals surface area contributed by atoms with E-state index in [2.05, 4.69) is 14.1 Å². The van der Waals surface area contributed by atoms with Crippen molar-refractivity contribution in [1.82, 2.24) is 8.75 Å². The van der Waals surface area contributed by atoms with Crippen molar-refractivity contribution in [2.45, 2.75) is 12.5 Å². The first-order valence-corrected chi connectivity index (χ1v) is 6.91. The molecule has 1 aliphatic carbocycles. The Balaban J connectivity index is 1.89. The third-order valence-electron chi connectivity index (χ3n) is 3.08. The molecule has 2 atom stereocenters. The fourth-order valence-electron chi connectivity index (χ4n) is 2.08. The molecule has 1 amide bonds. The van der Waals surface area contributed by atoms with Crippen molar-refractivity contribution in [1.29, 1.82) is 0 Å². The average molecular weight is 295 g/mol. The number of carbonyl (C=O) groups is 1. The number of amides is 1. The van der Waals surface area contributed by atoms with Gasteiger partial charge in [-0.25, -0.2) is 0 Å². The lowest BCUT2D eigenvalue weighted by Gasteiger charge is -2.11. The molecule has 0 saturated heterocycles. The van der Waals surface area contributed by atoms with Crippen molar-refractivity contribution in [2.75, 3.05) is 5.32 Å². The van der Waals surface area contributed by atoms with Gasteiger partial charge in [0.15, 0.2) is 0 Å². The molecule has 0 spiro atoms. The third-order valence-corrected chi connectivity index (χ3v) is 3.94. The molecule has 98 valence electrons. The van der Waals surface area contributed by atoms with Crippen LogP contribution in [0.25, 0.3) is 11.0 Å². The smallest absolute Gasteiger partial charge is 0.231 e. The lowest BCUT2D eigenvalue weighted by atomic mass is 10.1. The van der Waals surface area contributed by atoms with Crippen LogP contribution < -0.4 is 11.1 Å². The highest BCUT2D eigenvalue weighted by atomic mass is 35.5. The molecule has 1 aromatic carbocycles. The number of fused-ring (bicyclic) bond motifs is 1. The van der Waals surface area contributed by atoms with Gasteiger partial charge in [-0.1, -0.05) is 23.8 Å². The number of hydrogen-bond acceptors (Lipinski definition) is 5. The number of nitrogens with zero attached hydrogens (tertiary/aromatic N) is 2. The first-order chi connectivity index (χ1) is 9.15. The zero-order valence-corrected chi connectivity index (χ0v) is 11.4. The highest BCUT2D eigenvalue weighted by molar-refractivity contribution is 7.00. The summed E-state index contributed by atoms with van der Waals surface area (Å²) in [5, 5.41) is 3.29. The Hall–Kier alpha value is -1.50. The van der Waals surface area contributed by atoms with Gasteiger partial charge in [-0.05, 0) is 18.6 Å². The molecule has 19 heavy (non-hydrogen) atoms. The second kappa shape index (κ2) is 4.88. The molecule has 0 aliphatic heterocycles. The minimum absolute atomic E-state index is 0.0528. The van der Waals surface area contributed by atoms with E-state index in [1.54, 1.807) is 12.1 Å². The van der Waals surface area contributed by atoms with E-state index in [9.17, 15) is 4.79 Å². The Labute approximate surface area is 118 Å². The minimum atomic E-state index is -0.215. The lowest BCUT2D eigenvalue weighted by Crippen LogP contribution is -2.24. The maximum atomic E-state index is 12.2. The quantitative estimate of drug-likeness (QED) is 0.832. The van der Waals surface area contributed by atoms with Crippen LogP contribution in [0.5, 0.6) is 0 Å². The molecule has 2 aromatic rings. The van der Waals surface area contributed by atoms with Gasteiger partial charge in [0.1, 0.15) is 11.0 Å². The summed E-state index contributed by atoms with van der Waals surface area (Å²) in [5.41, 5.74) is 7.61. The van der Waals surface area contributed by atoms with Gasteiger partial charge in [0.05, 0.1) is 28.4 Å². The number of halogens is 1. The Morgan fingerprint density at radius 1 is 1.42 bits per heavy atom. The monoisotopic (exact) mass is 294 g/mol. The van der Waals surface area contributed by atoms with Crippen LogP contribution >= 0.6 is 23.3 Å². The maximum Gasteiger partial charge on any atom is 0.231 e. The van der Waals surface area contributed by atoms with Crippen LogP contribution in [0.2, 0.25) is 5.02 Å². The Morgan fingerprint density at radius 3 is 3.00 bits per heavy atom. The Bertz CT molecular complexity index is 669. The summed E-state index contributed by atoms with van der Waals surface area (Å²) in [4.78, 5) is 12.2. The fraction of sp³-hybridized carbons (Fsp3) is 0.250. The van der Waals surface area contributed by atoms with Crippen LogP contribution in [0.15, 0.2) is 24.3 Å². The van der Waals surface area contributed by atoms with Crippen LogP contribution in [-0.2, 0) is 4.79 Å². The summed E-state index contributed by atoms with van der Waals surface area (Å²) in [5.74, 6) is -0.334. The van der Waals surface area contributed by atoms with Crippen molar-refractivity contribution in [3.63, 3.8) is 0 Å². The van der Waals surface area contributed by atoms with E-state index < -0.39 is 0 Å². The van der Waals surface area contributed by atoms with E-state index in [1.807, 2.05) is 12.2 Å². The summed E-state index contributed by atoms with van der Waals surface area (Å²) < 4.78 is 8.29. The first kappa shape index (κ1) is 12.5. The van der Waals surface area contributed by atoms with Gasteiger partial charge in [0.25, 0.3) is 0 Å². The van der Waals surface area contributed by atoms with Gasteiger partial charge in [-0.2, -0.15) is 8.75 Å². The van der Waals surface area contributed by atoms with Gasteiger partial charge < -0.3 is 11.1 Å². The first-order valence-electron chi connectivity index (χ1n) is 5.80. The zero-order chi connectivity index (χ0) is 13.4. The second-order valence-corrected chi connectivity index (χ2v) is 5.37. The molecular formula is C12H11ClN4OS. The number of anilines is 1. The van der Waals surface area contributed by atoms with E-state index in [1.165, 1.54) is 0 Å². The summed E-state index contributed by atoms with van der Waals surface area (Å²) in [6.45, 7) is 0. The summed E-state index contributed by atoms with van der Waals surface area (Å²) in [6.07, 6.45) is 4.29. The molecule has 0 fully saturated rings. The van der Waals surface area contributed by atoms with Gasteiger partial charge in [-0.3, -0.25) is 4.79 Å². The number of benzene rings is 1. The zero-order valence-electron chi connectivity index (χ0n) is 9.84.